The molecule has 2 heteroatoms. The third-order valence-electron chi connectivity index (χ3n) is 3.87. The molecule has 0 saturated heterocycles. The van der Waals surface area contributed by atoms with Crippen molar-refractivity contribution in [3.05, 3.63) is 65.5 Å². The summed E-state index contributed by atoms with van der Waals surface area (Å²) in [6, 6.07) is 15.3. The van der Waals surface area contributed by atoms with Crippen LogP contribution in [0.1, 0.15) is 29.7 Å². The highest BCUT2D eigenvalue weighted by Gasteiger charge is 2.18. The van der Waals surface area contributed by atoms with Crippen molar-refractivity contribution in [3.8, 4) is 0 Å². The second-order valence-electron chi connectivity index (χ2n) is 5.12. The van der Waals surface area contributed by atoms with E-state index in [9.17, 15) is 0 Å². The fraction of sp³-hybridized carbons (Fsp3) is 0.353. The predicted octanol–water partition coefficient (Wildman–Crippen LogP) is 0.0996. The van der Waals surface area contributed by atoms with Crippen LogP contribution >= 0.6 is 0 Å². The van der Waals surface area contributed by atoms with Gasteiger partial charge in [-0.25, -0.2) is 4.57 Å². The summed E-state index contributed by atoms with van der Waals surface area (Å²) in [6.07, 6.45) is 8.60. The van der Waals surface area contributed by atoms with E-state index < -0.39 is 0 Å². The first-order valence-electron chi connectivity index (χ1n) is 6.97. The van der Waals surface area contributed by atoms with Gasteiger partial charge in [-0.05, 0) is 30.9 Å². The molecule has 1 aliphatic rings. The molecule has 1 aliphatic carbocycles. The minimum Gasteiger partial charge on any atom is -1.00 e. The Labute approximate surface area is 121 Å². The smallest absolute Gasteiger partial charge is 0.184 e. The number of aryl methyl sites for hydroxylation is 3. The maximum absolute atomic E-state index is 2.46. The molecule has 2 aromatic rings. The van der Waals surface area contributed by atoms with E-state index in [4.69, 9.17) is 0 Å². The number of aromatic nitrogens is 1. The lowest BCUT2D eigenvalue weighted by Gasteiger charge is -2.13. The Morgan fingerprint density at radius 3 is 2.53 bits per heavy atom. The standard InChI is InChI=1S/C17H20N.ClH/c1-2-7-15(8-3-1)12-14-18-13-6-10-16-9-4-5-11-17(16)18;/h1-3,6-8,10,13H,4-5,9,11-12,14H2;1H/q+1;/p-1. The molecule has 0 amide bonds. The molecule has 1 heterocycles. The second-order valence-corrected chi connectivity index (χ2v) is 5.12. The summed E-state index contributed by atoms with van der Waals surface area (Å²) in [5.74, 6) is 0. The molecule has 1 aromatic carbocycles. The quantitative estimate of drug-likeness (QED) is 0.699. The van der Waals surface area contributed by atoms with Crippen LogP contribution in [0.5, 0.6) is 0 Å². The van der Waals surface area contributed by atoms with Crippen molar-refractivity contribution in [1.29, 1.82) is 0 Å². The molecule has 0 radical (unpaired) electrons. The van der Waals surface area contributed by atoms with E-state index in [1.807, 2.05) is 0 Å². The molecule has 19 heavy (non-hydrogen) atoms. The molecule has 0 unspecified atom stereocenters. The molecule has 1 aromatic heterocycles. The van der Waals surface area contributed by atoms with Crippen molar-refractivity contribution in [3.63, 3.8) is 0 Å². The monoisotopic (exact) mass is 273 g/mol. The number of halogens is 1. The van der Waals surface area contributed by atoms with Gasteiger partial charge in [0.2, 0.25) is 0 Å². The lowest BCUT2D eigenvalue weighted by molar-refractivity contribution is -0.704. The van der Waals surface area contributed by atoms with E-state index in [2.05, 4.69) is 53.2 Å². The number of pyridine rings is 1. The van der Waals surface area contributed by atoms with Gasteiger partial charge in [-0.3, -0.25) is 0 Å². The number of nitrogens with zero attached hydrogens (tertiary/aromatic N) is 1. The molecule has 0 bridgehead atoms. The van der Waals surface area contributed by atoms with Gasteiger partial charge in [-0.15, -0.1) is 0 Å². The highest BCUT2D eigenvalue weighted by molar-refractivity contribution is 5.18. The second kappa shape index (κ2) is 6.72. The molecular weight excluding hydrogens is 254 g/mol. The molecule has 1 nitrogen and oxygen atoms in total. The van der Waals surface area contributed by atoms with Crippen LogP contribution in [0.2, 0.25) is 0 Å². The van der Waals surface area contributed by atoms with E-state index in [-0.39, 0.29) is 12.4 Å². The zero-order valence-corrected chi connectivity index (χ0v) is 11.9. The van der Waals surface area contributed by atoms with Crippen molar-refractivity contribution < 1.29 is 17.0 Å². The van der Waals surface area contributed by atoms with Crippen molar-refractivity contribution in [2.45, 2.75) is 38.6 Å². The molecule has 0 atom stereocenters. The van der Waals surface area contributed by atoms with Gasteiger partial charge in [0.05, 0.1) is 0 Å². The fourth-order valence-electron chi connectivity index (χ4n) is 2.88. The van der Waals surface area contributed by atoms with Crippen molar-refractivity contribution in [2.24, 2.45) is 0 Å². The number of fused-ring (bicyclic) bond motifs is 1. The lowest BCUT2D eigenvalue weighted by atomic mass is 9.95. The maximum atomic E-state index is 2.46. The SMILES string of the molecule is [Cl-].c1ccc(CC[n+]2cccc3c2CCCC3)cc1. The third kappa shape index (κ3) is 3.36. The molecule has 0 fully saturated rings. The topological polar surface area (TPSA) is 3.88 Å². The predicted molar refractivity (Wildman–Crippen MR) is 73.4 cm³/mol. The van der Waals surface area contributed by atoms with Gasteiger partial charge in [-0.2, -0.15) is 0 Å². The summed E-state index contributed by atoms with van der Waals surface area (Å²) >= 11 is 0. The Bertz CT molecular complexity index is 522. The van der Waals surface area contributed by atoms with Gasteiger partial charge in [0.1, 0.15) is 0 Å². The van der Waals surface area contributed by atoms with Crippen LogP contribution in [0.25, 0.3) is 0 Å². The summed E-state index contributed by atoms with van der Waals surface area (Å²) in [6.45, 7) is 1.10. The van der Waals surface area contributed by atoms with Gasteiger partial charge in [0.25, 0.3) is 0 Å². The van der Waals surface area contributed by atoms with Gasteiger partial charge in [0, 0.05) is 24.5 Å². The highest BCUT2D eigenvalue weighted by atomic mass is 35.5. The van der Waals surface area contributed by atoms with Crippen LogP contribution in [0, 0.1) is 0 Å². The van der Waals surface area contributed by atoms with Gasteiger partial charge in [-0.1, -0.05) is 30.3 Å². The van der Waals surface area contributed by atoms with Crippen LogP contribution in [0.3, 0.4) is 0 Å². The van der Waals surface area contributed by atoms with E-state index in [0.29, 0.717) is 0 Å². The van der Waals surface area contributed by atoms with Crippen LogP contribution in [0.15, 0.2) is 48.7 Å². The normalized spacial score (nSPS) is 13.5. The van der Waals surface area contributed by atoms with Gasteiger partial charge in [0.15, 0.2) is 18.4 Å². The minimum absolute atomic E-state index is 0. The Balaban J connectivity index is 0.00000133. The summed E-state index contributed by atoms with van der Waals surface area (Å²) in [7, 11) is 0. The van der Waals surface area contributed by atoms with Crippen molar-refractivity contribution in [1.82, 2.24) is 0 Å². The van der Waals surface area contributed by atoms with Gasteiger partial charge < -0.3 is 12.4 Å². The van der Waals surface area contributed by atoms with Crippen LogP contribution in [-0.4, -0.2) is 0 Å². The van der Waals surface area contributed by atoms with Crippen molar-refractivity contribution >= 4 is 0 Å². The summed E-state index contributed by atoms with van der Waals surface area (Å²) in [4.78, 5) is 0. The molecule has 0 spiro atoms. The summed E-state index contributed by atoms with van der Waals surface area (Å²) in [5.41, 5.74) is 4.56. The van der Waals surface area contributed by atoms with Gasteiger partial charge >= 0.3 is 0 Å². The van der Waals surface area contributed by atoms with E-state index >= 15 is 0 Å². The maximum Gasteiger partial charge on any atom is 0.184 e. The first kappa shape index (κ1) is 14.1. The molecule has 0 saturated carbocycles. The van der Waals surface area contributed by atoms with Crippen LogP contribution in [-0.2, 0) is 25.8 Å². The first-order valence-corrected chi connectivity index (χ1v) is 6.97. The molecule has 3 rings (SSSR count). The zero-order chi connectivity index (χ0) is 12.2. The average Bonchev–Trinajstić information content (AvgIpc) is 2.46. The highest BCUT2D eigenvalue weighted by Crippen LogP contribution is 2.17. The fourth-order valence-corrected chi connectivity index (χ4v) is 2.88. The van der Waals surface area contributed by atoms with Crippen LogP contribution in [0.4, 0.5) is 0 Å². The Morgan fingerprint density at radius 1 is 0.895 bits per heavy atom. The Kier molecular flexibility index (Phi) is 4.98. The number of hydrogen-bond donors (Lipinski definition) is 0. The van der Waals surface area contributed by atoms with Crippen LogP contribution < -0.4 is 17.0 Å². The molecule has 100 valence electrons. The van der Waals surface area contributed by atoms with E-state index in [1.165, 1.54) is 31.2 Å². The van der Waals surface area contributed by atoms with E-state index in [0.717, 1.165) is 13.0 Å². The van der Waals surface area contributed by atoms with E-state index in [1.54, 1.807) is 11.3 Å². The lowest BCUT2D eigenvalue weighted by Crippen LogP contribution is -3.00. The number of hydrogen-bond acceptors (Lipinski definition) is 0. The average molecular weight is 274 g/mol. The summed E-state index contributed by atoms with van der Waals surface area (Å²) in [5, 5.41) is 0. The Morgan fingerprint density at radius 2 is 1.68 bits per heavy atom. The molecule has 0 N–H and O–H groups in total. The molecule has 0 aliphatic heterocycles. The molecular formula is C17H20ClN. The van der Waals surface area contributed by atoms with Crippen molar-refractivity contribution in [2.75, 3.05) is 0 Å². The first-order chi connectivity index (χ1) is 8.93. The number of rotatable bonds is 3. The minimum atomic E-state index is 0. The third-order valence-corrected chi connectivity index (χ3v) is 3.87. The zero-order valence-electron chi connectivity index (χ0n) is 11.2. The summed E-state index contributed by atoms with van der Waals surface area (Å²) < 4.78 is 2.46. The largest absolute Gasteiger partial charge is 1.00 e. The number of benzene rings is 1. The Hall–Kier alpha value is -1.34.